The number of rotatable bonds is 6. The number of hydrogen-bond donors (Lipinski definition) is 0. The second-order valence-corrected chi connectivity index (χ2v) is 10.3. The van der Waals surface area contributed by atoms with Gasteiger partial charge in [0.05, 0.1) is 0 Å². The van der Waals surface area contributed by atoms with Gasteiger partial charge in [0.25, 0.3) is 0 Å². The van der Waals surface area contributed by atoms with Crippen LogP contribution in [0.4, 0.5) is 0 Å². The molecule has 0 aliphatic heterocycles. The standard InChI is InChI=1S/C25H24O2S2/c1-14-8-10-18-22(12-14)28-16(3)24(18)20(26)6-5-7-21(27)25-17(4)29-23-13-15(2)9-11-19(23)25/h8-13H,5-7H2,1-4H3. The molecule has 0 amide bonds. The fourth-order valence-electron chi connectivity index (χ4n) is 4.00. The van der Waals surface area contributed by atoms with Gasteiger partial charge >= 0.3 is 0 Å². The van der Waals surface area contributed by atoms with E-state index in [1.165, 1.54) is 11.1 Å². The van der Waals surface area contributed by atoms with Crippen molar-refractivity contribution in [1.29, 1.82) is 0 Å². The summed E-state index contributed by atoms with van der Waals surface area (Å²) in [6.45, 7) is 8.17. The molecule has 0 unspecified atom stereocenters. The molecule has 0 atom stereocenters. The number of thiophene rings is 2. The summed E-state index contributed by atoms with van der Waals surface area (Å²) in [5.41, 5.74) is 4.09. The molecule has 0 aliphatic carbocycles. The summed E-state index contributed by atoms with van der Waals surface area (Å²) < 4.78 is 2.33. The molecule has 0 saturated heterocycles. The number of benzene rings is 2. The number of fused-ring (bicyclic) bond motifs is 2. The van der Waals surface area contributed by atoms with Crippen molar-refractivity contribution >= 4 is 54.4 Å². The molecule has 0 bridgehead atoms. The van der Waals surface area contributed by atoms with Crippen molar-refractivity contribution in [2.75, 3.05) is 0 Å². The molecule has 148 valence electrons. The third-order valence-corrected chi connectivity index (χ3v) is 7.54. The van der Waals surface area contributed by atoms with E-state index >= 15 is 0 Å². The van der Waals surface area contributed by atoms with Gasteiger partial charge in [-0.3, -0.25) is 9.59 Å². The number of aryl methyl sites for hydroxylation is 4. The van der Waals surface area contributed by atoms with E-state index in [2.05, 4.69) is 50.2 Å². The van der Waals surface area contributed by atoms with Crippen LogP contribution in [0.2, 0.25) is 0 Å². The molecule has 4 aromatic rings. The molecule has 0 N–H and O–H groups in total. The molecule has 0 saturated carbocycles. The van der Waals surface area contributed by atoms with Crippen LogP contribution in [0.5, 0.6) is 0 Å². The lowest BCUT2D eigenvalue weighted by molar-refractivity contribution is 0.0959. The lowest BCUT2D eigenvalue weighted by Gasteiger charge is -2.04. The van der Waals surface area contributed by atoms with Gasteiger partial charge in [-0.2, -0.15) is 0 Å². The molecule has 29 heavy (non-hydrogen) atoms. The third-order valence-electron chi connectivity index (χ3n) is 5.41. The Balaban J connectivity index is 1.48. The zero-order valence-corrected chi connectivity index (χ0v) is 18.9. The Morgan fingerprint density at radius 3 is 1.52 bits per heavy atom. The number of Topliss-reactive ketones (excluding diaryl/α,β-unsaturated/α-hetero) is 2. The predicted octanol–water partition coefficient (Wildman–Crippen LogP) is 7.59. The highest BCUT2D eigenvalue weighted by Gasteiger charge is 2.19. The van der Waals surface area contributed by atoms with E-state index < -0.39 is 0 Å². The summed E-state index contributed by atoms with van der Waals surface area (Å²) >= 11 is 3.35. The molecule has 4 heteroatoms. The van der Waals surface area contributed by atoms with Gasteiger partial charge in [0, 0.05) is 53.9 Å². The Morgan fingerprint density at radius 1 is 0.690 bits per heavy atom. The Bertz CT molecular complexity index is 1160. The van der Waals surface area contributed by atoms with E-state index in [4.69, 9.17) is 0 Å². The Labute approximate surface area is 179 Å². The quantitative estimate of drug-likeness (QED) is 0.301. The van der Waals surface area contributed by atoms with Crippen LogP contribution >= 0.6 is 22.7 Å². The van der Waals surface area contributed by atoms with Crippen LogP contribution in [0.15, 0.2) is 36.4 Å². The van der Waals surface area contributed by atoms with Crippen LogP contribution in [-0.2, 0) is 0 Å². The number of carbonyl (C=O) groups excluding carboxylic acids is 2. The molecule has 0 aliphatic rings. The van der Waals surface area contributed by atoms with Crippen molar-refractivity contribution < 1.29 is 9.59 Å². The molecule has 2 heterocycles. The number of hydrogen-bond acceptors (Lipinski definition) is 4. The molecule has 2 nitrogen and oxygen atoms in total. The van der Waals surface area contributed by atoms with E-state index in [1.54, 1.807) is 22.7 Å². The maximum Gasteiger partial charge on any atom is 0.164 e. The first-order chi connectivity index (χ1) is 13.8. The monoisotopic (exact) mass is 420 g/mol. The molecule has 4 rings (SSSR count). The molecular weight excluding hydrogens is 396 g/mol. The smallest absolute Gasteiger partial charge is 0.164 e. The first-order valence-electron chi connectivity index (χ1n) is 9.91. The Hall–Kier alpha value is -2.30. The van der Waals surface area contributed by atoms with Crippen LogP contribution in [0.3, 0.4) is 0 Å². The largest absolute Gasteiger partial charge is 0.294 e. The first-order valence-corrected chi connectivity index (χ1v) is 11.5. The molecule has 0 spiro atoms. The summed E-state index contributed by atoms with van der Waals surface area (Å²) in [6, 6.07) is 12.5. The predicted molar refractivity (Wildman–Crippen MR) is 125 cm³/mol. The summed E-state index contributed by atoms with van der Waals surface area (Å²) in [5, 5.41) is 2.09. The summed E-state index contributed by atoms with van der Waals surface area (Å²) in [7, 11) is 0. The highest BCUT2D eigenvalue weighted by atomic mass is 32.1. The maximum absolute atomic E-state index is 12.9. The average molecular weight is 421 g/mol. The normalized spacial score (nSPS) is 11.4. The lowest BCUT2D eigenvalue weighted by Crippen LogP contribution is -2.04. The lowest BCUT2D eigenvalue weighted by atomic mass is 9.98. The summed E-state index contributed by atoms with van der Waals surface area (Å²) in [6.07, 6.45) is 1.40. The Morgan fingerprint density at radius 2 is 1.10 bits per heavy atom. The van der Waals surface area contributed by atoms with Crippen LogP contribution in [-0.4, -0.2) is 11.6 Å². The second kappa shape index (κ2) is 7.85. The zero-order chi connectivity index (χ0) is 20.7. The van der Waals surface area contributed by atoms with Gasteiger partial charge in [-0.15, -0.1) is 22.7 Å². The van der Waals surface area contributed by atoms with Gasteiger partial charge in [0.1, 0.15) is 0 Å². The SMILES string of the molecule is Cc1ccc2c(C(=O)CCCC(=O)c3c(C)sc4cc(C)ccc34)c(C)sc2c1. The molecule has 0 fully saturated rings. The van der Waals surface area contributed by atoms with Gasteiger partial charge in [-0.1, -0.05) is 24.3 Å². The van der Waals surface area contributed by atoms with Gasteiger partial charge < -0.3 is 0 Å². The Kier molecular flexibility index (Phi) is 5.41. The van der Waals surface area contributed by atoms with Gasteiger partial charge in [0.2, 0.25) is 0 Å². The van der Waals surface area contributed by atoms with E-state index in [1.807, 2.05) is 13.8 Å². The third kappa shape index (κ3) is 3.79. The fraction of sp³-hybridized carbons (Fsp3) is 0.280. The highest BCUT2D eigenvalue weighted by molar-refractivity contribution is 7.19. The van der Waals surface area contributed by atoms with Crippen LogP contribution < -0.4 is 0 Å². The minimum absolute atomic E-state index is 0.146. The van der Waals surface area contributed by atoms with Gasteiger partial charge in [-0.25, -0.2) is 0 Å². The van der Waals surface area contributed by atoms with Crippen LogP contribution in [0, 0.1) is 27.7 Å². The second-order valence-electron chi connectivity index (χ2n) is 7.77. The van der Waals surface area contributed by atoms with Crippen molar-refractivity contribution in [3.63, 3.8) is 0 Å². The van der Waals surface area contributed by atoms with Crippen molar-refractivity contribution in [1.82, 2.24) is 0 Å². The highest BCUT2D eigenvalue weighted by Crippen LogP contribution is 2.34. The van der Waals surface area contributed by atoms with Crippen LogP contribution in [0.1, 0.15) is 60.9 Å². The van der Waals surface area contributed by atoms with Crippen molar-refractivity contribution in [3.05, 3.63) is 68.4 Å². The van der Waals surface area contributed by atoms with Gasteiger partial charge in [0.15, 0.2) is 11.6 Å². The summed E-state index contributed by atoms with van der Waals surface area (Å²) in [5.74, 6) is 0.292. The van der Waals surface area contributed by atoms with Crippen molar-refractivity contribution in [2.24, 2.45) is 0 Å². The maximum atomic E-state index is 12.9. The molecule has 0 radical (unpaired) electrons. The molecular formula is C25H24O2S2. The summed E-state index contributed by atoms with van der Waals surface area (Å²) in [4.78, 5) is 27.9. The fourth-order valence-corrected chi connectivity index (χ4v) is 6.37. The van der Waals surface area contributed by atoms with E-state index in [0.29, 0.717) is 19.3 Å². The van der Waals surface area contributed by atoms with E-state index in [9.17, 15) is 9.59 Å². The van der Waals surface area contributed by atoms with Crippen molar-refractivity contribution in [3.8, 4) is 0 Å². The number of carbonyl (C=O) groups is 2. The first kappa shape index (κ1) is 20.0. The molecule has 2 aromatic heterocycles. The van der Waals surface area contributed by atoms with Gasteiger partial charge in [-0.05, 0) is 57.4 Å². The van der Waals surface area contributed by atoms with Crippen LogP contribution in [0.25, 0.3) is 20.2 Å². The minimum atomic E-state index is 0.146. The van der Waals surface area contributed by atoms with Crippen molar-refractivity contribution in [2.45, 2.75) is 47.0 Å². The van der Waals surface area contributed by atoms with E-state index in [0.717, 1.165) is 41.1 Å². The zero-order valence-electron chi connectivity index (χ0n) is 17.2. The number of ketones is 2. The molecule has 2 aromatic carbocycles. The topological polar surface area (TPSA) is 34.1 Å². The van der Waals surface area contributed by atoms with E-state index in [-0.39, 0.29) is 11.6 Å². The average Bonchev–Trinajstić information content (AvgIpc) is 3.15. The minimum Gasteiger partial charge on any atom is -0.294 e.